The summed E-state index contributed by atoms with van der Waals surface area (Å²) >= 11 is 5.97. The predicted octanol–water partition coefficient (Wildman–Crippen LogP) is 2.11. The molecular weight excluding hydrogens is 262 g/mol. The number of benzene rings is 1. The minimum atomic E-state index is 0.227. The van der Waals surface area contributed by atoms with E-state index in [4.69, 9.17) is 11.6 Å². The smallest absolute Gasteiger partial charge is 0.232 e. The molecule has 19 heavy (non-hydrogen) atoms. The van der Waals surface area contributed by atoms with Gasteiger partial charge in [-0.1, -0.05) is 24.3 Å². The van der Waals surface area contributed by atoms with E-state index in [1.165, 1.54) is 11.1 Å². The van der Waals surface area contributed by atoms with Crippen LogP contribution in [0, 0.1) is 0 Å². The molecule has 0 saturated carbocycles. The second-order valence-corrected chi connectivity index (χ2v) is 5.06. The Bertz CT molecular complexity index is 589. The highest BCUT2D eigenvalue weighted by molar-refractivity contribution is 6.28. The van der Waals surface area contributed by atoms with Gasteiger partial charge in [-0.05, 0) is 22.7 Å². The van der Waals surface area contributed by atoms with Crippen molar-refractivity contribution in [3.05, 3.63) is 40.7 Å². The van der Waals surface area contributed by atoms with Crippen molar-refractivity contribution in [3.63, 3.8) is 0 Å². The molecule has 1 aliphatic rings. The Kier molecular flexibility index (Phi) is 2.98. The van der Waals surface area contributed by atoms with Crippen molar-refractivity contribution in [2.24, 2.45) is 0 Å². The van der Waals surface area contributed by atoms with E-state index in [2.05, 4.69) is 32.0 Å². The molecule has 0 saturated heterocycles. The van der Waals surface area contributed by atoms with Gasteiger partial charge in [0.25, 0.3) is 0 Å². The van der Waals surface area contributed by atoms with Crippen molar-refractivity contribution in [1.29, 1.82) is 0 Å². The van der Waals surface area contributed by atoms with Crippen molar-refractivity contribution in [2.45, 2.75) is 13.1 Å². The first-order valence-electron chi connectivity index (χ1n) is 6.04. The van der Waals surface area contributed by atoms with Crippen molar-refractivity contribution in [1.82, 2.24) is 15.0 Å². The second-order valence-electron chi connectivity index (χ2n) is 4.72. The minimum absolute atomic E-state index is 0.227. The molecule has 2 heterocycles. The zero-order chi connectivity index (χ0) is 13.4. The Hall–Kier alpha value is -1.88. The van der Waals surface area contributed by atoms with Gasteiger partial charge in [0, 0.05) is 27.2 Å². The van der Waals surface area contributed by atoms with E-state index < -0.39 is 0 Å². The van der Waals surface area contributed by atoms with Gasteiger partial charge in [0.2, 0.25) is 17.2 Å². The lowest BCUT2D eigenvalue weighted by molar-refractivity contribution is 0.810. The first-order valence-corrected chi connectivity index (χ1v) is 6.42. The summed E-state index contributed by atoms with van der Waals surface area (Å²) in [5.41, 5.74) is 2.62. The third kappa shape index (κ3) is 2.33. The highest BCUT2D eigenvalue weighted by Gasteiger charge is 2.22. The Morgan fingerprint density at radius 3 is 2.26 bits per heavy atom. The minimum Gasteiger partial charge on any atom is -0.347 e. The second kappa shape index (κ2) is 4.66. The molecule has 1 aliphatic heterocycles. The number of halogens is 1. The molecule has 0 unspecified atom stereocenters. The highest BCUT2D eigenvalue weighted by Crippen LogP contribution is 2.26. The molecule has 0 amide bonds. The van der Waals surface area contributed by atoms with E-state index in [0.29, 0.717) is 11.9 Å². The van der Waals surface area contributed by atoms with Gasteiger partial charge in [-0.15, -0.1) is 0 Å². The molecule has 0 N–H and O–H groups in total. The first kappa shape index (κ1) is 12.2. The number of anilines is 2. The lowest BCUT2D eigenvalue weighted by Gasteiger charge is -2.17. The molecule has 0 bridgehead atoms. The van der Waals surface area contributed by atoms with Crippen LogP contribution in [0.15, 0.2) is 24.3 Å². The Morgan fingerprint density at radius 1 is 1.05 bits per heavy atom. The summed E-state index contributed by atoms with van der Waals surface area (Å²) in [6.07, 6.45) is 0. The van der Waals surface area contributed by atoms with Crippen LogP contribution in [-0.4, -0.2) is 29.0 Å². The van der Waals surface area contributed by atoms with Crippen molar-refractivity contribution in [3.8, 4) is 0 Å². The summed E-state index contributed by atoms with van der Waals surface area (Å²) in [7, 11) is 3.77. The van der Waals surface area contributed by atoms with Crippen molar-refractivity contribution < 1.29 is 0 Å². The first-order chi connectivity index (χ1) is 9.13. The van der Waals surface area contributed by atoms with Crippen molar-refractivity contribution >= 4 is 23.5 Å². The number of fused-ring (bicyclic) bond motifs is 1. The molecule has 0 atom stereocenters. The molecule has 5 nitrogen and oxygen atoms in total. The third-order valence-corrected chi connectivity index (χ3v) is 3.28. The normalized spacial score (nSPS) is 13.5. The summed E-state index contributed by atoms with van der Waals surface area (Å²) < 4.78 is 0. The zero-order valence-corrected chi connectivity index (χ0v) is 11.6. The number of nitrogens with zero attached hydrogens (tertiary/aromatic N) is 5. The van der Waals surface area contributed by atoms with Gasteiger partial charge in [-0.3, -0.25) is 0 Å². The number of hydrogen-bond donors (Lipinski definition) is 0. The van der Waals surface area contributed by atoms with Crippen LogP contribution < -0.4 is 9.80 Å². The molecule has 1 aromatic heterocycles. The van der Waals surface area contributed by atoms with Gasteiger partial charge in [0.15, 0.2) is 0 Å². The zero-order valence-electron chi connectivity index (χ0n) is 10.8. The average molecular weight is 276 g/mol. The van der Waals surface area contributed by atoms with Crippen LogP contribution in [0.2, 0.25) is 5.28 Å². The number of hydrogen-bond acceptors (Lipinski definition) is 5. The van der Waals surface area contributed by atoms with E-state index in [0.717, 1.165) is 13.1 Å². The summed E-state index contributed by atoms with van der Waals surface area (Å²) in [4.78, 5) is 16.7. The maximum absolute atomic E-state index is 5.97. The lowest BCUT2D eigenvalue weighted by atomic mass is 10.1. The van der Waals surface area contributed by atoms with E-state index in [1.54, 1.807) is 0 Å². The fraction of sp³-hybridized carbons (Fsp3) is 0.308. The van der Waals surface area contributed by atoms with Crippen LogP contribution in [0.25, 0.3) is 0 Å². The van der Waals surface area contributed by atoms with E-state index >= 15 is 0 Å². The van der Waals surface area contributed by atoms with Crippen LogP contribution in [0.5, 0.6) is 0 Å². The summed E-state index contributed by atoms with van der Waals surface area (Å²) in [6, 6.07) is 8.36. The van der Waals surface area contributed by atoms with Crippen LogP contribution in [0.1, 0.15) is 11.1 Å². The largest absolute Gasteiger partial charge is 0.347 e. The van der Waals surface area contributed by atoms with E-state index in [1.807, 2.05) is 31.1 Å². The van der Waals surface area contributed by atoms with E-state index in [-0.39, 0.29) is 5.28 Å². The van der Waals surface area contributed by atoms with Crippen LogP contribution in [-0.2, 0) is 13.1 Å². The Morgan fingerprint density at radius 2 is 1.68 bits per heavy atom. The average Bonchev–Trinajstić information content (AvgIpc) is 2.81. The van der Waals surface area contributed by atoms with Crippen LogP contribution in [0.4, 0.5) is 11.9 Å². The molecule has 0 spiro atoms. The molecule has 0 radical (unpaired) electrons. The van der Waals surface area contributed by atoms with Crippen LogP contribution in [0.3, 0.4) is 0 Å². The van der Waals surface area contributed by atoms with Gasteiger partial charge >= 0.3 is 0 Å². The fourth-order valence-electron chi connectivity index (χ4n) is 2.15. The molecule has 0 aliphatic carbocycles. The van der Waals surface area contributed by atoms with Crippen molar-refractivity contribution in [2.75, 3.05) is 23.9 Å². The molecule has 1 aromatic carbocycles. The maximum Gasteiger partial charge on any atom is 0.232 e. The van der Waals surface area contributed by atoms with E-state index in [9.17, 15) is 0 Å². The van der Waals surface area contributed by atoms with Crippen LogP contribution >= 0.6 is 11.6 Å². The molecule has 6 heteroatoms. The topological polar surface area (TPSA) is 45.2 Å². The monoisotopic (exact) mass is 275 g/mol. The highest BCUT2D eigenvalue weighted by atomic mass is 35.5. The fourth-order valence-corrected chi connectivity index (χ4v) is 2.30. The summed E-state index contributed by atoms with van der Waals surface area (Å²) in [5.74, 6) is 1.20. The SMILES string of the molecule is CN(C)c1nc(Cl)nc(N2Cc3ccccc3C2)n1. The maximum atomic E-state index is 5.97. The predicted molar refractivity (Wildman–Crippen MR) is 75.5 cm³/mol. The molecule has 2 aromatic rings. The van der Waals surface area contributed by atoms with Gasteiger partial charge in [0.05, 0.1) is 0 Å². The van der Waals surface area contributed by atoms with Gasteiger partial charge in [-0.2, -0.15) is 15.0 Å². The molecule has 0 fully saturated rings. The Balaban J connectivity index is 1.93. The van der Waals surface area contributed by atoms with Gasteiger partial charge in [-0.25, -0.2) is 0 Å². The summed E-state index contributed by atoms with van der Waals surface area (Å²) in [5, 5.41) is 0.227. The van der Waals surface area contributed by atoms with Gasteiger partial charge in [0.1, 0.15) is 0 Å². The quantitative estimate of drug-likeness (QED) is 0.840. The molecule has 98 valence electrons. The standard InChI is InChI=1S/C13H14ClN5/c1-18(2)12-15-11(14)16-13(17-12)19-7-9-5-3-4-6-10(9)8-19/h3-6H,7-8H2,1-2H3. The number of aromatic nitrogens is 3. The summed E-state index contributed by atoms with van der Waals surface area (Å²) in [6.45, 7) is 1.62. The third-order valence-electron chi connectivity index (χ3n) is 3.11. The Labute approximate surface area is 116 Å². The molecular formula is C13H14ClN5. The molecule has 3 rings (SSSR count). The lowest BCUT2D eigenvalue weighted by Crippen LogP contribution is -2.21. The number of rotatable bonds is 2. The van der Waals surface area contributed by atoms with Gasteiger partial charge < -0.3 is 9.80 Å².